The standard InChI is InChI=1S/C12H17NO3/c1-8-5-4-6-10(12(14)15)11(8)13-9(2)7-16-3/h4-6,9,13H,7H2,1-3H3,(H,14,15). The summed E-state index contributed by atoms with van der Waals surface area (Å²) in [4.78, 5) is 11.0. The number of rotatable bonds is 5. The van der Waals surface area contributed by atoms with E-state index in [2.05, 4.69) is 5.32 Å². The van der Waals surface area contributed by atoms with Crippen LogP contribution in [0, 0.1) is 6.92 Å². The van der Waals surface area contributed by atoms with Crippen LogP contribution in [0.2, 0.25) is 0 Å². The van der Waals surface area contributed by atoms with Crippen molar-refractivity contribution < 1.29 is 14.6 Å². The molecule has 0 aliphatic rings. The van der Waals surface area contributed by atoms with Crippen molar-refractivity contribution >= 4 is 11.7 Å². The van der Waals surface area contributed by atoms with Crippen LogP contribution in [-0.4, -0.2) is 30.8 Å². The van der Waals surface area contributed by atoms with Crippen molar-refractivity contribution in [1.29, 1.82) is 0 Å². The van der Waals surface area contributed by atoms with Gasteiger partial charge in [-0.3, -0.25) is 0 Å². The normalized spacial score (nSPS) is 12.2. The Morgan fingerprint density at radius 3 is 2.81 bits per heavy atom. The van der Waals surface area contributed by atoms with Gasteiger partial charge in [0.25, 0.3) is 0 Å². The fourth-order valence-corrected chi connectivity index (χ4v) is 1.58. The molecule has 0 aliphatic carbocycles. The molecule has 0 heterocycles. The first-order valence-electron chi connectivity index (χ1n) is 5.14. The minimum absolute atomic E-state index is 0.0733. The van der Waals surface area contributed by atoms with Crippen LogP contribution in [0.4, 0.5) is 5.69 Å². The topological polar surface area (TPSA) is 58.6 Å². The molecule has 1 aromatic carbocycles. The number of hydrogen-bond acceptors (Lipinski definition) is 3. The number of hydrogen-bond donors (Lipinski definition) is 2. The molecule has 0 fully saturated rings. The molecule has 0 radical (unpaired) electrons. The van der Waals surface area contributed by atoms with Gasteiger partial charge in [-0.2, -0.15) is 0 Å². The lowest BCUT2D eigenvalue weighted by atomic mass is 10.1. The number of aryl methyl sites for hydroxylation is 1. The summed E-state index contributed by atoms with van der Waals surface area (Å²) < 4.78 is 5.01. The fraction of sp³-hybridized carbons (Fsp3) is 0.417. The van der Waals surface area contributed by atoms with Gasteiger partial charge >= 0.3 is 5.97 Å². The summed E-state index contributed by atoms with van der Waals surface area (Å²) in [6.07, 6.45) is 0. The van der Waals surface area contributed by atoms with Crippen molar-refractivity contribution in [2.75, 3.05) is 19.0 Å². The smallest absolute Gasteiger partial charge is 0.337 e. The van der Waals surface area contributed by atoms with Crippen molar-refractivity contribution in [1.82, 2.24) is 0 Å². The maximum Gasteiger partial charge on any atom is 0.337 e. The molecule has 0 saturated carbocycles. The third-order valence-corrected chi connectivity index (χ3v) is 2.31. The fourth-order valence-electron chi connectivity index (χ4n) is 1.58. The maximum atomic E-state index is 11.0. The van der Waals surface area contributed by atoms with Gasteiger partial charge in [-0.05, 0) is 25.5 Å². The first-order valence-corrected chi connectivity index (χ1v) is 5.14. The summed E-state index contributed by atoms with van der Waals surface area (Å²) in [5.74, 6) is -0.921. The number of para-hydroxylation sites is 1. The number of carbonyl (C=O) groups is 1. The van der Waals surface area contributed by atoms with E-state index in [9.17, 15) is 4.79 Å². The van der Waals surface area contributed by atoms with Gasteiger partial charge in [0.05, 0.1) is 17.9 Å². The third-order valence-electron chi connectivity index (χ3n) is 2.31. The zero-order valence-electron chi connectivity index (χ0n) is 9.78. The van der Waals surface area contributed by atoms with Crippen LogP contribution in [0.15, 0.2) is 18.2 Å². The predicted octanol–water partition coefficient (Wildman–Crippen LogP) is 2.14. The average molecular weight is 223 g/mol. The molecule has 1 atom stereocenters. The molecule has 0 aromatic heterocycles. The Balaban J connectivity index is 2.97. The summed E-state index contributed by atoms with van der Waals surface area (Å²) >= 11 is 0. The minimum Gasteiger partial charge on any atom is -0.478 e. The van der Waals surface area contributed by atoms with Gasteiger partial charge in [-0.25, -0.2) is 4.79 Å². The number of anilines is 1. The molecular formula is C12H17NO3. The molecule has 0 aliphatic heterocycles. The highest BCUT2D eigenvalue weighted by Gasteiger charge is 2.13. The molecule has 0 amide bonds. The molecular weight excluding hydrogens is 206 g/mol. The number of methoxy groups -OCH3 is 1. The van der Waals surface area contributed by atoms with Crippen molar-refractivity contribution in [2.24, 2.45) is 0 Å². The third kappa shape index (κ3) is 2.97. The Morgan fingerprint density at radius 1 is 1.56 bits per heavy atom. The highest BCUT2D eigenvalue weighted by atomic mass is 16.5. The van der Waals surface area contributed by atoms with Crippen LogP contribution >= 0.6 is 0 Å². The van der Waals surface area contributed by atoms with Crippen LogP contribution in [-0.2, 0) is 4.74 Å². The highest BCUT2D eigenvalue weighted by Crippen LogP contribution is 2.21. The number of aromatic carboxylic acids is 1. The van der Waals surface area contributed by atoms with E-state index in [0.29, 0.717) is 17.9 Å². The Bertz CT molecular complexity index is 377. The molecule has 2 N–H and O–H groups in total. The van der Waals surface area contributed by atoms with E-state index in [0.717, 1.165) is 5.56 Å². The molecule has 4 heteroatoms. The number of nitrogens with one attached hydrogen (secondary N) is 1. The minimum atomic E-state index is -0.921. The lowest BCUT2D eigenvalue weighted by Gasteiger charge is -2.18. The highest BCUT2D eigenvalue weighted by molar-refractivity contribution is 5.95. The Labute approximate surface area is 95.2 Å². The van der Waals surface area contributed by atoms with Crippen LogP contribution in [0.5, 0.6) is 0 Å². The zero-order valence-corrected chi connectivity index (χ0v) is 9.78. The van der Waals surface area contributed by atoms with E-state index in [-0.39, 0.29) is 6.04 Å². The van der Waals surface area contributed by atoms with Crippen molar-refractivity contribution in [3.05, 3.63) is 29.3 Å². The van der Waals surface area contributed by atoms with E-state index in [4.69, 9.17) is 9.84 Å². The molecule has 1 rings (SSSR count). The van der Waals surface area contributed by atoms with Crippen LogP contribution in [0.25, 0.3) is 0 Å². The summed E-state index contributed by atoms with van der Waals surface area (Å²) in [6, 6.07) is 5.29. The van der Waals surface area contributed by atoms with E-state index in [1.165, 1.54) is 0 Å². The Hall–Kier alpha value is -1.55. The number of carboxylic acids is 1. The Morgan fingerprint density at radius 2 is 2.25 bits per heavy atom. The summed E-state index contributed by atoms with van der Waals surface area (Å²) in [7, 11) is 1.62. The second-order valence-corrected chi connectivity index (χ2v) is 3.80. The molecule has 0 bridgehead atoms. The van der Waals surface area contributed by atoms with Crippen molar-refractivity contribution in [3.8, 4) is 0 Å². The van der Waals surface area contributed by atoms with Crippen LogP contribution < -0.4 is 5.32 Å². The van der Waals surface area contributed by atoms with E-state index in [1.54, 1.807) is 19.2 Å². The monoisotopic (exact) mass is 223 g/mol. The van der Waals surface area contributed by atoms with Crippen LogP contribution in [0.3, 0.4) is 0 Å². The van der Waals surface area contributed by atoms with Gasteiger partial charge in [0.2, 0.25) is 0 Å². The zero-order chi connectivity index (χ0) is 12.1. The predicted molar refractivity (Wildman–Crippen MR) is 63.1 cm³/mol. The lowest BCUT2D eigenvalue weighted by Crippen LogP contribution is -2.22. The summed E-state index contributed by atoms with van der Waals surface area (Å²) in [5, 5.41) is 12.2. The number of benzene rings is 1. The van der Waals surface area contributed by atoms with Gasteiger partial charge in [-0.15, -0.1) is 0 Å². The second kappa shape index (κ2) is 5.51. The van der Waals surface area contributed by atoms with Gasteiger partial charge in [0, 0.05) is 13.2 Å². The molecule has 0 saturated heterocycles. The average Bonchev–Trinajstić information content (AvgIpc) is 2.21. The lowest BCUT2D eigenvalue weighted by molar-refractivity contribution is 0.0697. The molecule has 1 aromatic rings. The van der Waals surface area contributed by atoms with E-state index in [1.807, 2.05) is 19.9 Å². The van der Waals surface area contributed by atoms with Crippen molar-refractivity contribution in [2.45, 2.75) is 19.9 Å². The second-order valence-electron chi connectivity index (χ2n) is 3.80. The summed E-state index contributed by atoms with van der Waals surface area (Å²) in [6.45, 7) is 4.36. The van der Waals surface area contributed by atoms with Gasteiger partial charge in [0.15, 0.2) is 0 Å². The van der Waals surface area contributed by atoms with Crippen molar-refractivity contribution in [3.63, 3.8) is 0 Å². The Kier molecular flexibility index (Phi) is 4.31. The van der Waals surface area contributed by atoms with Gasteiger partial charge in [-0.1, -0.05) is 12.1 Å². The van der Waals surface area contributed by atoms with Gasteiger partial charge < -0.3 is 15.2 Å². The first-order chi connectivity index (χ1) is 7.56. The summed E-state index contributed by atoms with van der Waals surface area (Å²) in [5.41, 5.74) is 1.88. The first kappa shape index (κ1) is 12.5. The maximum absolute atomic E-state index is 11.0. The number of carboxylic acid groups (broad SMARTS) is 1. The molecule has 4 nitrogen and oxygen atoms in total. The largest absolute Gasteiger partial charge is 0.478 e. The molecule has 0 spiro atoms. The van der Waals surface area contributed by atoms with Gasteiger partial charge in [0.1, 0.15) is 0 Å². The van der Waals surface area contributed by atoms with E-state index >= 15 is 0 Å². The SMILES string of the molecule is COCC(C)Nc1c(C)cccc1C(=O)O. The van der Waals surface area contributed by atoms with E-state index < -0.39 is 5.97 Å². The quantitative estimate of drug-likeness (QED) is 0.803. The van der Waals surface area contributed by atoms with Crippen LogP contribution in [0.1, 0.15) is 22.8 Å². The molecule has 88 valence electrons. The molecule has 1 unspecified atom stereocenters. The molecule has 16 heavy (non-hydrogen) atoms. The number of ether oxygens (including phenoxy) is 1.